The van der Waals surface area contributed by atoms with Crippen LogP contribution in [0.25, 0.3) is 0 Å². The monoisotopic (exact) mass is 345 g/mol. The van der Waals surface area contributed by atoms with Crippen LogP contribution in [-0.4, -0.2) is 36.6 Å². The molecule has 2 fully saturated rings. The second-order valence-corrected chi connectivity index (χ2v) is 7.23. The first-order valence-electron chi connectivity index (χ1n) is 8.03. The number of rotatable bonds is 5. The Balaban J connectivity index is 1.37. The molecule has 1 aliphatic carbocycles. The predicted molar refractivity (Wildman–Crippen MR) is 89.4 cm³/mol. The Labute approximate surface area is 144 Å². The van der Waals surface area contributed by atoms with Crippen molar-refractivity contribution in [3.63, 3.8) is 0 Å². The van der Waals surface area contributed by atoms with Gasteiger partial charge in [0.1, 0.15) is 6.20 Å². The Morgan fingerprint density at radius 1 is 1.38 bits per heavy atom. The molecule has 2 heterocycles. The van der Waals surface area contributed by atoms with Gasteiger partial charge in [0.05, 0.1) is 7.11 Å². The zero-order chi connectivity index (χ0) is 16.5. The van der Waals surface area contributed by atoms with Crippen molar-refractivity contribution in [2.75, 3.05) is 13.7 Å². The number of nitrogens with one attached hydrogen (secondary N) is 2. The third-order valence-electron chi connectivity index (χ3n) is 4.63. The van der Waals surface area contributed by atoms with Gasteiger partial charge in [0.2, 0.25) is 0 Å². The number of hydrogen-bond donors (Lipinski definition) is 2. The van der Waals surface area contributed by atoms with Crippen LogP contribution in [0.5, 0.6) is 5.95 Å². The third kappa shape index (κ3) is 3.14. The number of amides is 1. The molecule has 2 aromatic rings. The van der Waals surface area contributed by atoms with E-state index in [-0.39, 0.29) is 11.9 Å². The van der Waals surface area contributed by atoms with Crippen molar-refractivity contribution >= 4 is 17.7 Å². The summed E-state index contributed by atoms with van der Waals surface area (Å²) in [5, 5.41) is 7.12. The number of oxazole rings is 1. The first-order chi connectivity index (χ1) is 11.7. The van der Waals surface area contributed by atoms with Crippen molar-refractivity contribution in [1.29, 1.82) is 0 Å². The van der Waals surface area contributed by atoms with E-state index < -0.39 is 0 Å². The maximum absolute atomic E-state index is 12.4. The summed E-state index contributed by atoms with van der Waals surface area (Å²) in [7, 11) is 1.54. The van der Waals surface area contributed by atoms with Gasteiger partial charge in [-0.1, -0.05) is 0 Å². The Kier molecular flexibility index (Phi) is 4.20. The summed E-state index contributed by atoms with van der Waals surface area (Å²) in [5.41, 5.74) is 0.673. The molecule has 24 heavy (non-hydrogen) atoms. The third-order valence-corrected chi connectivity index (χ3v) is 5.50. The van der Waals surface area contributed by atoms with Gasteiger partial charge in [-0.2, -0.15) is 0 Å². The van der Waals surface area contributed by atoms with E-state index in [1.807, 2.05) is 24.3 Å². The van der Waals surface area contributed by atoms with Crippen molar-refractivity contribution in [1.82, 2.24) is 15.6 Å². The quantitative estimate of drug-likeness (QED) is 0.866. The number of nitrogens with zero attached hydrogens (tertiary/aromatic N) is 1. The lowest BCUT2D eigenvalue weighted by atomic mass is 10.1. The normalized spacial score (nSPS) is 25.0. The van der Waals surface area contributed by atoms with Crippen molar-refractivity contribution in [2.45, 2.75) is 35.0 Å². The van der Waals surface area contributed by atoms with Gasteiger partial charge in [-0.3, -0.25) is 4.79 Å². The first kappa shape index (κ1) is 15.5. The van der Waals surface area contributed by atoms with Gasteiger partial charge in [0.25, 0.3) is 11.1 Å². The van der Waals surface area contributed by atoms with Crippen LogP contribution in [0, 0.1) is 5.92 Å². The summed E-state index contributed by atoms with van der Waals surface area (Å²) in [5.74, 6) is 1.09. The smallest absolute Gasteiger partial charge is 0.305 e. The highest BCUT2D eigenvalue weighted by Gasteiger charge is 2.39. The fraction of sp³-hybridized carbons (Fsp3) is 0.412. The summed E-state index contributed by atoms with van der Waals surface area (Å²) >= 11 is 1.39. The Hall–Kier alpha value is -1.99. The molecule has 2 N–H and O–H groups in total. The molecule has 1 amide bonds. The lowest BCUT2D eigenvalue weighted by molar-refractivity contribution is 0.0928. The van der Waals surface area contributed by atoms with E-state index >= 15 is 0 Å². The topological polar surface area (TPSA) is 76.4 Å². The van der Waals surface area contributed by atoms with Crippen LogP contribution in [0.4, 0.5) is 0 Å². The number of ether oxygens (including phenoxy) is 1. The molecule has 1 aliphatic heterocycles. The van der Waals surface area contributed by atoms with E-state index in [2.05, 4.69) is 15.6 Å². The zero-order valence-electron chi connectivity index (χ0n) is 13.3. The molecule has 7 heteroatoms. The van der Waals surface area contributed by atoms with E-state index in [4.69, 9.17) is 9.15 Å². The molecule has 126 valence electrons. The van der Waals surface area contributed by atoms with Crippen molar-refractivity contribution in [3.05, 3.63) is 36.0 Å². The molecule has 2 aliphatic rings. The van der Waals surface area contributed by atoms with Crippen LogP contribution >= 0.6 is 11.8 Å². The van der Waals surface area contributed by atoms with Gasteiger partial charge in [-0.15, -0.1) is 0 Å². The molecule has 1 aromatic carbocycles. The number of methoxy groups -OCH3 is 1. The minimum Gasteiger partial charge on any atom is -0.467 e. The Bertz CT molecular complexity index is 731. The molecule has 3 unspecified atom stereocenters. The summed E-state index contributed by atoms with van der Waals surface area (Å²) in [6.07, 6.45) is 3.80. The first-order valence-corrected chi connectivity index (χ1v) is 8.85. The largest absolute Gasteiger partial charge is 0.467 e. The van der Waals surface area contributed by atoms with Crippen LogP contribution in [0.15, 0.2) is 45.0 Å². The molecule has 1 saturated heterocycles. The Morgan fingerprint density at radius 2 is 2.21 bits per heavy atom. The van der Waals surface area contributed by atoms with E-state index in [0.717, 1.165) is 23.8 Å². The van der Waals surface area contributed by atoms with Gasteiger partial charge in [0, 0.05) is 22.5 Å². The summed E-state index contributed by atoms with van der Waals surface area (Å²) in [4.78, 5) is 17.5. The molecule has 2 bridgehead atoms. The molecule has 0 spiro atoms. The maximum Gasteiger partial charge on any atom is 0.305 e. The highest BCUT2D eigenvalue weighted by molar-refractivity contribution is 7.99. The lowest BCUT2D eigenvalue weighted by Crippen LogP contribution is -2.47. The molecule has 0 radical (unpaired) electrons. The SMILES string of the molecule is COc1cnc(Sc2ccc(C(=O)NC3CC4CNC3C4)cc2)o1. The van der Waals surface area contributed by atoms with E-state index in [1.165, 1.54) is 31.5 Å². The van der Waals surface area contributed by atoms with E-state index in [0.29, 0.717) is 22.8 Å². The van der Waals surface area contributed by atoms with Crippen molar-refractivity contribution in [3.8, 4) is 5.95 Å². The number of carbonyl (C=O) groups excluding carboxylic acids is 1. The van der Waals surface area contributed by atoms with Crippen LogP contribution in [0.3, 0.4) is 0 Å². The number of benzene rings is 1. The minimum absolute atomic E-state index is 0.0105. The van der Waals surface area contributed by atoms with Crippen molar-refractivity contribution < 1.29 is 13.9 Å². The molecule has 4 rings (SSSR count). The van der Waals surface area contributed by atoms with Crippen LogP contribution in [0.1, 0.15) is 23.2 Å². The van der Waals surface area contributed by atoms with Gasteiger partial charge in [-0.25, -0.2) is 4.98 Å². The minimum atomic E-state index is -0.0105. The summed E-state index contributed by atoms with van der Waals surface area (Å²) in [6.45, 7) is 1.09. The maximum atomic E-state index is 12.4. The van der Waals surface area contributed by atoms with Gasteiger partial charge >= 0.3 is 5.95 Å². The molecule has 1 saturated carbocycles. The molecule has 3 atom stereocenters. The highest BCUT2D eigenvalue weighted by Crippen LogP contribution is 2.32. The second kappa shape index (κ2) is 6.49. The molecular weight excluding hydrogens is 326 g/mol. The second-order valence-electron chi connectivity index (χ2n) is 6.21. The van der Waals surface area contributed by atoms with Gasteiger partial charge < -0.3 is 19.8 Å². The van der Waals surface area contributed by atoms with Crippen LogP contribution in [-0.2, 0) is 0 Å². The fourth-order valence-electron chi connectivity index (χ4n) is 3.43. The van der Waals surface area contributed by atoms with Gasteiger partial charge in [0.15, 0.2) is 0 Å². The van der Waals surface area contributed by atoms with E-state index in [1.54, 1.807) is 0 Å². The highest BCUT2D eigenvalue weighted by atomic mass is 32.2. The zero-order valence-corrected chi connectivity index (χ0v) is 14.1. The summed E-state index contributed by atoms with van der Waals surface area (Å²) in [6, 6.07) is 8.15. The van der Waals surface area contributed by atoms with Crippen LogP contribution < -0.4 is 15.4 Å². The fourth-order valence-corrected chi connectivity index (χ4v) is 4.13. The van der Waals surface area contributed by atoms with Crippen LogP contribution in [0.2, 0.25) is 0 Å². The number of hydrogen-bond acceptors (Lipinski definition) is 6. The Morgan fingerprint density at radius 3 is 2.83 bits per heavy atom. The molecule has 1 aromatic heterocycles. The average Bonchev–Trinajstić information content (AvgIpc) is 3.32. The summed E-state index contributed by atoms with van der Waals surface area (Å²) < 4.78 is 10.3. The number of fused-ring (bicyclic) bond motifs is 2. The molecule has 6 nitrogen and oxygen atoms in total. The van der Waals surface area contributed by atoms with E-state index in [9.17, 15) is 4.79 Å². The molecular formula is C17H19N3O3S. The lowest BCUT2D eigenvalue weighted by Gasteiger charge is -2.24. The average molecular weight is 345 g/mol. The standard InChI is InChI=1S/C17H19N3O3S/c1-22-15-9-19-17(23-15)24-12-4-2-11(3-5-12)16(21)20-14-7-10-6-13(14)18-8-10/h2-5,9-10,13-14,18H,6-8H2,1H3,(H,20,21). The predicted octanol–water partition coefficient (Wildman–Crippen LogP) is 2.31. The van der Waals surface area contributed by atoms with Crippen molar-refractivity contribution in [2.24, 2.45) is 5.92 Å². The number of carbonyl (C=O) groups is 1. The van der Waals surface area contributed by atoms with Gasteiger partial charge in [-0.05, 0) is 61.3 Å². The number of aromatic nitrogens is 1. The number of piperidine rings is 1.